The summed E-state index contributed by atoms with van der Waals surface area (Å²) in [6, 6.07) is 4.94. The fraction of sp³-hybridized carbons (Fsp3) is 0.308. The third-order valence-corrected chi connectivity index (χ3v) is 4.68. The van der Waals surface area contributed by atoms with Crippen molar-refractivity contribution in [2.45, 2.75) is 18.6 Å². The number of nitrogens with one attached hydrogen (secondary N) is 1. The largest absolute Gasteiger partial charge is 0.412 e. The van der Waals surface area contributed by atoms with Gasteiger partial charge in [0.05, 0.1) is 0 Å². The monoisotopic (exact) mass is 358 g/mol. The minimum atomic E-state index is -4.03. The minimum Gasteiger partial charge on any atom is -0.412 e. The number of hydrogen-bond acceptors (Lipinski definition) is 7. The quantitative estimate of drug-likeness (QED) is 0.786. The van der Waals surface area contributed by atoms with Gasteiger partial charge in [-0.25, -0.2) is 8.42 Å². The Morgan fingerprint density at radius 3 is 2.83 bits per heavy atom. The maximum absolute atomic E-state index is 12.1. The van der Waals surface area contributed by atoms with Crippen LogP contribution in [-0.2, 0) is 21.1 Å². The number of anilines is 1. The van der Waals surface area contributed by atoms with Gasteiger partial charge in [0, 0.05) is 23.7 Å². The van der Waals surface area contributed by atoms with Crippen LogP contribution in [0.3, 0.4) is 0 Å². The van der Waals surface area contributed by atoms with Crippen molar-refractivity contribution >= 4 is 33.0 Å². The molecule has 8 nitrogen and oxygen atoms in total. The van der Waals surface area contributed by atoms with E-state index in [2.05, 4.69) is 15.5 Å². The molecule has 1 aromatic heterocycles. The van der Waals surface area contributed by atoms with Gasteiger partial charge in [-0.1, -0.05) is 22.8 Å². The van der Waals surface area contributed by atoms with Crippen LogP contribution in [0, 0.1) is 6.92 Å². The fourth-order valence-corrected chi connectivity index (χ4v) is 2.86. The van der Waals surface area contributed by atoms with E-state index in [0.717, 1.165) is 0 Å². The van der Waals surface area contributed by atoms with Crippen LogP contribution in [0.15, 0.2) is 27.8 Å². The van der Waals surface area contributed by atoms with E-state index in [4.69, 9.17) is 21.8 Å². The van der Waals surface area contributed by atoms with Crippen LogP contribution in [-0.4, -0.2) is 36.8 Å². The normalized spacial score (nSPS) is 11.4. The molecule has 1 amide bonds. The molecule has 0 saturated carbocycles. The predicted molar refractivity (Wildman–Crippen MR) is 83.9 cm³/mol. The van der Waals surface area contributed by atoms with Gasteiger partial charge in [-0.05, 0) is 24.6 Å². The fourth-order valence-electron chi connectivity index (χ4n) is 1.75. The number of aromatic nitrogens is 2. The Morgan fingerprint density at radius 1 is 1.39 bits per heavy atom. The van der Waals surface area contributed by atoms with Gasteiger partial charge in [-0.2, -0.15) is 0 Å². The number of halogens is 1. The summed E-state index contributed by atoms with van der Waals surface area (Å²) in [6.07, 6.45) is 0.260. The summed E-state index contributed by atoms with van der Waals surface area (Å²) in [5.41, 5.74) is 6.40. The first kappa shape index (κ1) is 17.4. The Bertz CT molecular complexity index is 819. The van der Waals surface area contributed by atoms with E-state index < -0.39 is 26.7 Å². The van der Waals surface area contributed by atoms with Crippen LogP contribution in [0.1, 0.15) is 11.5 Å². The average Bonchev–Trinajstić information content (AvgIpc) is 2.93. The molecule has 0 fully saturated rings. The highest BCUT2D eigenvalue weighted by molar-refractivity contribution is 7.91. The highest BCUT2D eigenvalue weighted by atomic mass is 35.5. The second-order valence-corrected chi connectivity index (χ2v) is 6.99. The van der Waals surface area contributed by atoms with Crippen molar-refractivity contribution < 1.29 is 17.6 Å². The average molecular weight is 359 g/mol. The Kier molecular flexibility index (Phi) is 5.34. The van der Waals surface area contributed by atoms with Gasteiger partial charge < -0.3 is 15.5 Å². The second-order valence-electron chi connectivity index (χ2n) is 4.72. The summed E-state index contributed by atoms with van der Waals surface area (Å²) >= 11 is 5.95. The summed E-state index contributed by atoms with van der Waals surface area (Å²) in [7, 11) is -4.03. The van der Waals surface area contributed by atoms with Gasteiger partial charge in [0.2, 0.25) is 21.6 Å². The van der Waals surface area contributed by atoms with E-state index in [0.29, 0.717) is 16.3 Å². The zero-order valence-corrected chi connectivity index (χ0v) is 13.8. The summed E-state index contributed by atoms with van der Waals surface area (Å²) in [4.78, 5) is 12.0. The van der Waals surface area contributed by atoms with Crippen LogP contribution < -0.4 is 11.1 Å². The van der Waals surface area contributed by atoms with Crippen molar-refractivity contribution in [3.05, 3.63) is 34.7 Å². The molecule has 23 heavy (non-hydrogen) atoms. The molecule has 0 aliphatic heterocycles. The molecule has 0 radical (unpaired) electrons. The van der Waals surface area contributed by atoms with E-state index in [1.807, 2.05) is 0 Å². The number of sulfone groups is 1. The van der Waals surface area contributed by atoms with Crippen molar-refractivity contribution in [1.29, 1.82) is 0 Å². The summed E-state index contributed by atoms with van der Waals surface area (Å²) in [5.74, 6) is -1.44. The lowest BCUT2D eigenvalue weighted by atomic mass is 10.2. The molecular formula is C13H15ClN4O4S. The molecule has 0 aliphatic carbocycles. The Morgan fingerprint density at radius 2 is 2.13 bits per heavy atom. The van der Waals surface area contributed by atoms with Crippen LogP contribution in [0.2, 0.25) is 5.02 Å². The Hall–Kier alpha value is -1.97. The number of nitrogens with zero attached hydrogens (tertiary/aromatic N) is 2. The Balaban J connectivity index is 2.10. The van der Waals surface area contributed by atoms with Gasteiger partial charge in [0.25, 0.3) is 0 Å². The lowest BCUT2D eigenvalue weighted by molar-refractivity contribution is -0.113. The third kappa shape index (κ3) is 4.27. The lowest BCUT2D eigenvalue weighted by Crippen LogP contribution is -2.23. The van der Waals surface area contributed by atoms with Crippen molar-refractivity contribution in [1.82, 2.24) is 10.2 Å². The van der Waals surface area contributed by atoms with Gasteiger partial charge in [-0.3, -0.25) is 4.79 Å². The molecule has 10 heteroatoms. The summed E-state index contributed by atoms with van der Waals surface area (Å²) in [5, 5.41) is 9.37. The summed E-state index contributed by atoms with van der Waals surface area (Å²) < 4.78 is 29.2. The van der Waals surface area contributed by atoms with Gasteiger partial charge in [0.1, 0.15) is 5.75 Å². The predicted octanol–water partition coefficient (Wildman–Crippen LogP) is 0.945. The van der Waals surface area contributed by atoms with Crippen molar-refractivity contribution in [3.63, 3.8) is 0 Å². The van der Waals surface area contributed by atoms with E-state index in [1.54, 1.807) is 25.1 Å². The first-order valence-electron chi connectivity index (χ1n) is 6.63. The number of carbonyl (C=O) groups is 1. The molecule has 1 heterocycles. The highest BCUT2D eigenvalue weighted by Crippen LogP contribution is 2.23. The standard InChI is InChI=1S/C13H15ClN4O4S/c1-8-9(14)3-2-4-10(8)16-11(19)7-23(20,21)13-18-17-12(22-13)5-6-15/h2-4H,5-7,15H2,1H3,(H,16,19). The smallest absolute Gasteiger partial charge is 0.336 e. The minimum absolute atomic E-state index is 0.108. The number of benzene rings is 1. The zero-order chi connectivity index (χ0) is 17.0. The van der Waals surface area contributed by atoms with Crippen molar-refractivity contribution in [2.24, 2.45) is 5.73 Å². The van der Waals surface area contributed by atoms with Gasteiger partial charge >= 0.3 is 5.22 Å². The first-order valence-corrected chi connectivity index (χ1v) is 8.66. The number of nitrogens with two attached hydrogens (primary N) is 1. The van der Waals surface area contributed by atoms with E-state index in [9.17, 15) is 13.2 Å². The number of rotatable bonds is 6. The highest BCUT2D eigenvalue weighted by Gasteiger charge is 2.26. The molecule has 0 saturated heterocycles. The number of amides is 1. The Labute approximate surface area is 137 Å². The van der Waals surface area contributed by atoms with Gasteiger partial charge in [-0.15, -0.1) is 5.10 Å². The molecule has 0 atom stereocenters. The molecule has 0 bridgehead atoms. The zero-order valence-electron chi connectivity index (χ0n) is 12.2. The molecule has 0 spiro atoms. The van der Waals surface area contributed by atoms with Crippen LogP contribution in [0.25, 0.3) is 0 Å². The molecule has 2 rings (SSSR count). The van der Waals surface area contributed by atoms with Crippen LogP contribution in [0.4, 0.5) is 5.69 Å². The van der Waals surface area contributed by atoms with E-state index in [-0.39, 0.29) is 18.9 Å². The van der Waals surface area contributed by atoms with E-state index >= 15 is 0 Å². The maximum Gasteiger partial charge on any atom is 0.336 e. The molecule has 124 valence electrons. The van der Waals surface area contributed by atoms with Crippen molar-refractivity contribution in [2.75, 3.05) is 17.6 Å². The number of carbonyl (C=O) groups excluding carboxylic acids is 1. The first-order chi connectivity index (χ1) is 10.8. The molecule has 2 aromatic rings. The third-order valence-electron chi connectivity index (χ3n) is 2.94. The van der Waals surface area contributed by atoms with Gasteiger partial charge in [0.15, 0.2) is 0 Å². The number of hydrogen-bond donors (Lipinski definition) is 2. The second kappa shape index (κ2) is 7.07. The summed E-state index contributed by atoms with van der Waals surface area (Å²) in [6.45, 7) is 1.96. The molecule has 0 aliphatic rings. The van der Waals surface area contributed by atoms with Crippen LogP contribution in [0.5, 0.6) is 0 Å². The van der Waals surface area contributed by atoms with Crippen molar-refractivity contribution in [3.8, 4) is 0 Å². The molecular weight excluding hydrogens is 344 g/mol. The molecule has 1 aromatic carbocycles. The molecule has 0 unspecified atom stereocenters. The maximum atomic E-state index is 12.1. The topological polar surface area (TPSA) is 128 Å². The lowest BCUT2D eigenvalue weighted by Gasteiger charge is -2.08. The van der Waals surface area contributed by atoms with E-state index in [1.165, 1.54) is 0 Å². The molecule has 3 N–H and O–H groups in total. The van der Waals surface area contributed by atoms with Crippen LogP contribution >= 0.6 is 11.6 Å². The SMILES string of the molecule is Cc1c(Cl)cccc1NC(=O)CS(=O)(=O)c1nnc(CCN)o1.